The molecular weight excluding hydrogens is 216 g/mol. The van der Waals surface area contributed by atoms with E-state index in [2.05, 4.69) is 6.92 Å². The third kappa shape index (κ3) is 4.64. The molecule has 1 amide bonds. The molecule has 1 atom stereocenters. The van der Waals surface area contributed by atoms with Gasteiger partial charge in [0.15, 0.2) is 0 Å². The summed E-state index contributed by atoms with van der Waals surface area (Å²) in [6.07, 6.45) is 5.42. The molecule has 0 bridgehead atoms. The zero-order valence-corrected chi connectivity index (χ0v) is 11.2. The van der Waals surface area contributed by atoms with Crippen LogP contribution in [0.3, 0.4) is 0 Å². The van der Waals surface area contributed by atoms with Crippen LogP contribution in [0.4, 0.5) is 0 Å². The van der Waals surface area contributed by atoms with Gasteiger partial charge in [-0.15, -0.1) is 0 Å². The summed E-state index contributed by atoms with van der Waals surface area (Å²) >= 11 is 0. The summed E-state index contributed by atoms with van der Waals surface area (Å²) in [4.78, 5) is 13.9. The molecule has 0 saturated carbocycles. The Morgan fingerprint density at radius 2 is 2.12 bits per heavy atom. The summed E-state index contributed by atoms with van der Waals surface area (Å²) in [5.74, 6) is 0.899. The Morgan fingerprint density at radius 3 is 2.65 bits per heavy atom. The van der Waals surface area contributed by atoms with Gasteiger partial charge in [0, 0.05) is 26.8 Å². The fraction of sp³-hybridized carbons (Fsp3) is 0.923. The van der Waals surface area contributed by atoms with Crippen molar-refractivity contribution >= 4 is 5.91 Å². The maximum Gasteiger partial charge on any atom is 0.239 e. The highest BCUT2D eigenvalue weighted by atomic mass is 16.5. The van der Waals surface area contributed by atoms with Crippen molar-refractivity contribution in [3.63, 3.8) is 0 Å². The van der Waals surface area contributed by atoms with Crippen molar-refractivity contribution < 1.29 is 9.53 Å². The number of ether oxygens (including phenoxy) is 1. The van der Waals surface area contributed by atoms with Crippen LogP contribution in [0.1, 0.15) is 39.0 Å². The van der Waals surface area contributed by atoms with Crippen molar-refractivity contribution in [2.75, 3.05) is 26.8 Å². The normalized spacial score (nSPS) is 19.4. The van der Waals surface area contributed by atoms with Crippen LogP contribution in [0, 0.1) is 5.92 Å². The largest absolute Gasteiger partial charge is 0.385 e. The molecule has 0 aromatic carbocycles. The van der Waals surface area contributed by atoms with Crippen LogP contribution in [-0.4, -0.2) is 43.7 Å². The van der Waals surface area contributed by atoms with Crippen molar-refractivity contribution in [1.82, 2.24) is 4.90 Å². The molecule has 0 aliphatic carbocycles. The first-order valence-corrected chi connectivity index (χ1v) is 6.72. The Morgan fingerprint density at radius 1 is 1.47 bits per heavy atom. The number of hydrogen-bond donors (Lipinski definition) is 1. The van der Waals surface area contributed by atoms with Gasteiger partial charge in [-0.05, 0) is 25.2 Å². The Hall–Kier alpha value is -0.610. The van der Waals surface area contributed by atoms with Crippen LogP contribution < -0.4 is 5.73 Å². The molecule has 100 valence electrons. The van der Waals surface area contributed by atoms with Gasteiger partial charge in [-0.25, -0.2) is 0 Å². The highest BCUT2D eigenvalue weighted by molar-refractivity contribution is 5.81. The van der Waals surface area contributed by atoms with E-state index in [0.29, 0.717) is 13.0 Å². The van der Waals surface area contributed by atoms with E-state index >= 15 is 0 Å². The minimum absolute atomic E-state index is 0.0944. The van der Waals surface area contributed by atoms with Crippen molar-refractivity contribution in [3.8, 4) is 0 Å². The van der Waals surface area contributed by atoms with E-state index in [9.17, 15) is 4.79 Å². The molecule has 1 fully saturated rings. The lowest BCUT2D eigenvalue weighted by Crippen LogP contribution is -2.47. The van der Waals surface area contributed by atoms with Crippen LogP contribution in [0.2, 0.25) is 0 Å². The highest BCUT2D eigenvalue weighted by Crippen LogP contribution is 2.22. The van der Waals surface area contributed by atoms with Gasteiger partial charge in [0.05, 0.1) is 6.04 Å². The van der Waals surface area contributed by atoms with Gasteiger partial charge in [-0.1, -0.05) is 19.8 Å². The Kier molecular flexibility index (Phi) is 6.52. The number of nitrogens with two attached hydrogens (primary N) is 1. The lowest BCUT2D eigenvalue weighted by atomic mass is 9.92. The van der Waals surface area contributed by atoms with Crippen molar-refractivity contribution in [3.05, 3.63) is 0 Å². The van der Waals surface area contributed by atoms with E-state index in [1.807, 2.05) is 4.90 Å². The molecule has 1 heterocycles. The number of piperidine rings is 1. The predicted molar refractivity (Wildman–Crippen MR) is 68.7 cm³/mol. The molecule has 2 N–H and O–H groups in total. The maximum absolute atomic E-state index is 12.0. The van der Waals surface area contributed by atoms with E-state index in [0.717, 1.165) is 31.8 Å². The Balaban J connectivity index is 2.30. The third-order valence-electron chi connectivity index (χ3n) is 3.57. The summed E-state index contributed by atoms with van der Waals surface area (Å²) in [6.45, 7) is 4.53. The van der Waals surface area contributed by atoms with Crippen molar-refractivity contribution in [2.24, 2.45) is 11.7 Å². The van der Waals surface area contributed by atoms with Gasteiger partial charge in [0.25, 0.3) is 0 Å². The van der Waals surface area contributed by atoms with Gasteiger partial charge < -0.3 is 15.4 Å². The lowest BCUT2D eigenvalue weighted by molar-refractivity contribution is -0.134. The van der Waals surface area contributed by atoms with Crippen LogP contribution in [-0.2, 0) is 9.53 Å². The van der Waals surface area contributed by atoms with E-state index in [-0.39, 0.29) is 5.91 Å². The summed E-state index contributed by atoms with van der Waals surface area (Å²) < 4.78 is 4.95. The van der Waals surface area contributed by atoms with Crippen LogP contribution in [0.5, 0.6) is 0 Å². The first-order valence-electron chi connectivity index (χ1n) is 6.72. The second-order valence-corrected chi connectivity index (χ2v) is 4.95. The lowest BCUT2D eigenvalue weighted by Gasteiger charge is -2.33. The molecule has 1 aliphatic heterocycles. The van der Waals surface area contributed by atoms with Gasteiger partial charge in [-0.3, -0.25) is 4.79 Å². The summed E-state index contributed by atoms with van der Waals surface area (Å²) in [7, 11) is 1.63. The topological polar surface area (TPSA) is 55.6 Å². The first-order chi connectivity index (χ1) is 8.19. The Bertz CT molecular complexity index is 225. The van der Waals surface area contributed by atoms with Gasteiger partial charge in [0.2, 0.25) is 5.91 Å². The van der Waals surface area contributed by atoms with Crippen molar-refractivity contribution in [1.29, 1.82) is 0 Å². The summed E-state index contributed by atoms with van der Waals surface area (Å²) in [5.41, 5.74) is 5.86. The monoisotopic (exact) mass is 242 g/mol. The molecule has 1 aliphatic rings. The molecule has 0 aromatic heterocycles. The number of methoxy groups -OCH3 is 1. The number of carbonyl (C=O) groups is 1. The number of rotatable bonds is 6. The fourth-order valence-corrected chi connectivity index (χ4v) is 2.45. The minimum Gasteiger partial charge on any atom is -0.385 e. The third-order valence-corrected chi connectivity index (χ3v) is 3.57. The minimum atomic E-state index is -0.391. The standard InChI is InChI=1S/C13H26N2O2/c1-3-4-11-5-8-15(9-6-11)13(16)12(14)7-10-17-2/h11-12H,3-10,14H2,1-2H3. The SMILES string of the molecule is CCCC1CCN(C(=O)C(N)CCOC)CC1. The number of nitrogens with zero attached hydrogens (tertiary/aromatic N) is 1. The molecule has 1 rings (SSSR count). The molecule has 4 heteroatoms. The number of hydrogen-bond acceptors (Lipinski definition) is 3. The summed E-state index contributed by atoms with van der Waals surface area (Å²) in [5, 5.41) is 0. The molecule has 1 saturated heterocycles. The zero-order chi connectivity index (χ0) is 12.7. The maximum atomic E-state index is 12.0. The molecule has 0 spiro atoms. The number of likely N-dealkylation sites (tertiary alicyclic amines) is 1. The van der Waals surface area contributed by atoms with Gasteiger partial charge in [0.1, 0.15) is 0 Å². The number of amides is 1. The second-order valence-electron chi connectivity index (χ2n) is 4.95. The Labute approximate surface area is 104 Å². The quantitative estimate of drug-likeness (QED) is 0.765. The zero-order valence-electron chi connectivity index (χ0n) is 11.2. The average Bonchev–Trinajstić information content (AvgIpc) is 2.36. The van der Waals surface area contributed by atoms with Gasteiger partial charge >= 0.3 is 0 Å². The van der Waals surface area contributed by atoms with Crippen LogP contribution in [0.15, 0.2) is 0 Å². The van der Waals surface area contributed by atoms with E-state index in [1.54, 1.807) is 7.11 Å². The predicted octanol–water partition coefficient (Wildman–Crippen LogP) is 1.39. The number of carbonyl (C=O) groups excluding carboxylic acids is 1. The molecule has 17 heavy (non-hydrogen) atoms. The van der Waals surface area contributed by atoms with E-state index < -0.39 is 6.04 Å². The first kappa shape index (κ1) is 14.5. The highest BCUT2D eigenvalue weighted by Gasteiger charge is 2.25. The molecule has 0 aromatic rings. The van der Waals surface area contributed by atoms with Crippen LogP contribution in [0.25, 0.3) is 0 Å². The fourth-order valence-electron chi connectivity index (χ4n) is 2.45. The smallest absolute Gasteiger partial charge is 0.239 e. The van der Waals surface area contributed by atoms with E-state index in [4.69, 9.17) is 10.5 Å². The van der Waals surface area contributed by atoms with E-state index in [1.165, 1.54) is 12.8 Å². The molecule has 0 radical (unpaired) electrons. The van der Waals surface area contributed by atoms with Crippen molar-refractivity contribution in [2.45, 2.75) is 45.1 Å². The summed E-state index contributed by atoms with van der Waals surface area (Å²) in [6, 6.07) is -0.391. The second kappa shape index (κ2) is 7.67. The molecule has 1 unspecified atom stereocenters. The average molecular weight is 242 g/mol. The molecule has 4 nitrogen and oxygen atoms in total. The van der Waals surface area contributed by atoms with Crippen LogP contribution >= 0.6 is 0 Å². The molecular formula is C13H26N2O2. The van der Waals surface area contributed by atoms with Gasteiger partial charge in [-0.2, -0.15) is 0 Å².